The van der Waals surface area contributed by atoms with Crippen LogP contribution in [0.25, 0.3) is 0 Å². The van der Waals surface area contributed by atoms with Crippen molar-refractivity contribution < 1.29 is 9.53 Å². The maximum absolute atomic E-state index is 11.7. The summed E-state index contributed by atoms with van der Waals surface area (Å²) in [6.07, 6.45) is 0. The topological polar surface area (TPSA) is 64.3 Å². The third-order valence-corrected chi connectivity index (χ3v) is 3.73. The van der Waals surface area contributed by atoms with Crippen LogP contribution in [-0.4, -0.2) is 19.1 Å². The summed E-state index contributed by atoms with van der Waals surface area (Å²) in [4.78, 5) is 12.3. The fourth-order valence-electron chi connectivity index (χ4n) is 1.47. The molecule has 1 aromatic carbocycles. The molecule has 0 saturated carbocycles. The summed E-state index contributed by atoms with van der Waals surface area (Å²) in [7, 11) is 0. The van der Waals surface area contributed by atoms with E-state index in [1.54, 1.807) is 23.6 Å². The van der Waals surface area contributed by atoms with Gasteiger partial charge in [0.1, 0.15) is 17.2 Å². The number of amides is 1. The minimum atomic E-state index is -0.190. The van der Waals surface area contributed by atoms with Crippen molar-refractivity contribution in [2.45, 2.75) is 0 Å². The first-order valence-corrected chi connectivity index (χ1v) is 6.92. The second kappa shape index (κ2) is 6.45. The lowest BCUT2D eigenvalue weighted by Crippen LogP contribution is -2.27. The summed E-state index contributed by atoms with van der Waals surface area (Å²) in [6, 6.07) is 8.92. The number of carbonyl (C=O) groups is 1. The molecule has 100 valence electrons. The number of anilines is 1. The average molecular weight is 297 g/mol. The van der Waals surface area contributed by atoms with Gasteiger partial charge in [0.05, 0.1) is 17.3 Å². The second-order valence-corrected chi connectivity index (χ2v) is 5.06. The summed E-state index contributed by atoms with van der Waals surface area (Å²) in [5.41, 5.74) is 6.31. The highest BCUT2D eigenvalue weighted by Gasteiger charge is 2.10. The van der Waals surface area contributed by atoms with Crippen LogP contribution in [0.2, 0.25) is 5.02 Å². The summed E-state index contributed by atoms with van der Waals surface area (Å²) >= 11 is 7.18. The van der Waals surface area contributed by atoms with Gasteiger partial charge in [0.15, 0.2) is 0 Å². The third-order valence-electron chi connectivity index (χ3n) is 2.39. The number of nitrogens with two attached hydrogens (primary N) is 1. The van der Waals surface area contributed by atoms with Crippen molar-refractivity contribution in [2.24, 2.45) is 0 Å². The van der Waals surface area contributed by atoms with Crippen LogP contribution in [0.5, 0.6) is 5.75 Å². The molecule has 6 heteroatoms. The van der Waals surface area contributed by atoms with E-state index in [1.807, 2.05) is 12.1 Å². The van der Waals surface area contributed by atoms with Gasteiger partial charge in [-0.15, -0.1) is 11.3 Å². The largest absolute Gasteiger partial charge is 0.490 e. The van der Waals surface area contributed by atoms with Crippen LogP contribution in [-0.2, 0) is 0 Å². The molecule has 0 saturated heterocycles. The zero-order valence-electron chi connectivity index (χ0n) is 10.1. The molecule has 4 nitrogen and oxygen atoms in total. The minimum Gasteiger partial charge on any atom is -0.490 e. The lowest BCUT2D eigenvalue weighted by Gasteiger charge is -2.09. The highest BCUT2D eigenvalue weighted by atomic mass is 35.5. The van der Waals surface area contributed by atoms with Gasteiger partial charge >= 0.3 is 0 Å². The number of nitrogen functional groups attached to an aromatic ring is 1. The average Bonchev–Trinajstić information content (AvgIpc) is 2.82. The van der Waals surface area contributed by atoms with Gasteiger partial charge in [-0.3, -0.25) is 4.79 Å². The summed E-state index contributed by atoms with van der Waals surface area (Å²) in [5.74, 6) is 0.426. The zero-order chi connectivity index (χ0) is 13.7. The van der Waals surface area contributed by atoms with E-state index in [4.69, 9.17) is 22.1 Å². The van der Waals surface area contributed by atoms with Crippen LogP contribution in [0, 0.1) is 0 Å². The maximum Gasteiger partial charge on any atom is 0.263 e. The predicted molar refractivity (Wildman–Crippen MR) is 78.0 cm³/mol. The van der Waals surface area contributed by atoms with Crippen molar-refractivity contribution in [3.8, 4) is 5.75 Å². The Morgan fingerprint density at radius 2 is 2.16 bits per heavy atom. The first kappa shape index (κ1) is 13.7. The highest BCUT2D eigenvalue weighted by Crippen LogP contribution is 2.21. The van der Waals surface area contributed by atoms with Crippen LogP contribution < -0.4 is 15.8 Å². The molecule has 0 aliphatic carbocycles. The van der Waals surface area contributed by atoms with Crippen molar-refractivity contribution in [2.75, 3.05) is 18.9 Å². The number of nitrogens with one attached hydrogen (secondary N) is 1. The Morgan fingerprint density at radius 1 is 1.37 bits per heavy atom. The normalized spacial score (nSPS) is 10.2. The van der Waals surface area contributed by atoms with Gasteiger partial charge in [-0.25, -0.2) is 0 Å². The fraction of sp³-hybridized carbons (Fsp3) is 0.154. The molecule has 0 spiro atoms. The van der Waals surface area contributed by atoms with Gasteiger partial charge in [-0.2, -0.15) is 0 Å². The maximum atomic E-state index is 11.7. The Kier molecular flexibility index (Phi) is 4.65. The number of hydrogen-bond acceptors (Lipinski definition) is 4. The van der Waals surface area contributed by atoms with E-state index in [2.05, 4.69) is 5.32 Å². The molecular formula is C13H13ClN2O2S. The monoisotopic (exact) mass is 296 g/mol. The third kappa shape index (κ3) is 3.62. The van der Waals surface area contributed by atoms with E-state index in [0.717, 1.165) is 0 Å². The first-order valence-electron chi connectivity index (χ1n) is 5.67. The Bertz CT molecular complexity index is 571. The molecule has 1 aromatic heterocycles. The minimum absolute atomic E-state index is 0.190. The predicted octanol–water partition coefficient (Wildman–Crippen LogP) is 2.79. The van der Waals surface area contributed by atoms with E-state index in [9.17, 15) is 4.79 Å². The molecule has 19 heavy (non-hydrogen) atoms. The molecule has 0 radical (unpaired) electrons. The van der Waals surface area contributed by atoms with Crippen molar-refractivity contribution in [3.63, 3.8) is 0 Å². The summed E-state index contributed by atoms with van der Waals surface area (Å²) in [6.45, 7) is 0.740. The van der Waals surface area contributed by atoms with E-state index in [1.165, 1.54) is 11.3 Å². The summed E-state index contributed by atoms with van der Waals surface area (Å²) in [5, 5.41) is 4.98. The van der Waals surface area contributed by atoms with E-state index in [0.29, 0.717) is 34.5 Å². The highest BCUT2D eigenvalue weighted by molar-refractivity contribution is 7.12. The van der Waals surface area contributed by atoms with Crippen LogP contribution in [0.15, 0.2) is 35.7 Å². The molecule has 2 rings (SSSR count). The van der Waals surface area contributed by atoms with Gasteiger partial charge in [0.25, 0.3) is 5.91 Å². The van der Waals surface area contributed by atoms with Gasteiger partial charge in [0, 0.05) is 0 Å². The molecule has 0 atom stereocenters. The van der Waals surface area contributed by atoms with Crippen LogP contribution >= 0.6 is 22.9 Å². The van der Waals surface area contributed by atoms with Crippen LogP contribution in [0.3, 0.4) is 0 Å². The quantitative estimate of drug-likeness (QED) is 0.659. The van der Waals surface area contributed by atoms with Gasteiger partial charge in [-0.05, 0) is 23.6 Å². The first-order chi connectivity index (χ1) is 9.18. The number of ether oxygens (including phenoxy) is 1. The van der Waals surface area contributed by atoms with Crippen molar-refractivity contribution >= 4 is 34.5 Å². The standard InChI is InChI=1S/C13H13ClN2O2S/c14-9-5-8-19-12(9)13(17)16-6-7-18-11-4-2-1-3-10(11)15/h1-5,8H,6-7,15H2,(H,16,17). The van der Waals surface area contributed by atoms with Crippen LogP contribution in [0.4, 0.5) is 5.69 Å². The molecule has 0 fully saturated rings. The van der Waals surface area contributed by atoms with E-state index >= 15 is 0 Å². The lowest BCUT2D eigenvalue weighted by atomic mass is 10.3. The van der Waals surface area contributed by atoms with E-state index in [-0.39, 0.29) is 5.91 Å². The Labute approximate surface area is 120 Å². The number of hydrogen-bond donors (Lipinski definition) is 2. The van der Waals surface area contributed by atoms with Gasteiger partial charge in [-0.1, -0.05) is 23.7 Å². The van der Waals surface area contributed by atoms with E-state index < -0.39 is 0 Å². The van der Waals surface area contributed by atoms with Crippen molar-refractivity contribution in [1.82, 2.24) is 5.32 Å². The molecule has 0 aliphatic rings. The fourth-order valence-corrected chi connectivity index (χ4v) is 2.53. The van der Waals surface area contributed by atoms with Crippen molar-refractivity contribution in [1.29, 1.82) is 0 Å². The SMILES string of the molecule is Nc1ccccc1OCCNC(=O)c1sccc1Cl. The molecular weight excluding hydrogens is 284 g/mol. The Balaban J connectivity index is 1.77. The van der Waals surface area contributed by atoms with Gasteiger partial charge in [0.2, 0.25) is 0 Å². The number of carbonyl (C=O) groups excluding carboxylic acids is 1. The molecule has 1 heterocycles. The molecule has 0 unspecified atom stereocenters. The summed E-state index contributed by atoms with van der Waals surface area (Å²) < 4.78 is 5.47. The molecule has 0 bridgehead atoms. The Morgan fingerprint density at radius 3 is 2.84 bits per heavy atom. The number of thiophene rings is 1. The molecule has 0 aliphatic heterocycles. The Hall–Kier alpha value is -1.72. The number of benzene rings is 1. The van der Waals surface area contributed by atoms with Crippen molar-refractivity contribution in [3.05, 3.63) is 45.6 Å². The number of rotatable bonds is 5. The second-order valence-electron chi connectivity index (χ2n) is 3.74. The smallest absolute Gasteiger partial charge is 0.263 e. The molecule has 1 amide bonds. The number of para-hydroxylation sites is 2. The molecule has 2 aromatic rings. The number of halogens is 1. The van der Waals surface area contributed by atoms with Crippen LogP contribution in [0.1, 0.15) is 9.67 Å². The van der Waals surface area contributed by atoms with Gasteiger partial charge < -0.3 is 15.8 Å². The lowest BCUT2D eigenvalue weighted by molar-refractivity contribution is 0.0951. The zero-order valence-corrected chi connectivity index (χ0v) is 11.6. The molecule has 3 N–H and O–H groups in total.